The van der Waals surface area contributed by atoms with Crippen molar-refractivity contribution in [3.05, 3.63) is 12.2 Å². The zero-order valence-electron chi connectivity index (χ0n) is 31.1. The van der Waals surface area contributed by atoms with E-state index in [2.05, 4.69) is 10.6 Å². The summed E-state index contributed by atoms with van der Waals surface area (Å²) in [6.07, 6.45) is 1.93. The van der Waals surface area contributed by atoms with Gasteiger partial charge in [-0.3, -0.25) is 28.9 Å². The van der Waals surface area contributed by atoms with Crippen LogP contribution in [-0.2, 0) is 71.4 Å². The predicted molar refractivity (Wildman–Crippen MR) is 185 cm³/mol. The van der Waals surface area contributed by atoms with Crippen LogP contribution in [0.15, 0.2) is 12.2 Å². The van der Waals surface area contributed by atoms with Gasteiger partial charge in [0.2, 0.25) is 11.8 Å². The van der Waals surface area contributed by atoms with Crippen LogP contribution in [0.4, 0.5) is 0 Å². The first-order valence-corrected chi connectivity index (χ1v) is 17.5. The van der Waals surface area contributed by atoms with E-state index in [0.717, 1.165) is 17.1 Å². The van der Waals surface area contributed by atoms with Crippen LogP contribution >= 0.6 is 0 Å². The van der Waals surface area contributed by atoms with E-state index in [1.807, 2.05) is 0 Å². The molecule has 4 amide bonds. The number of esters is 1. The molecule has 1 rings (SSSR count). The summed E-state index contributed by atoms with van der Waals surface area (Å²) in [4.78, 5) is 72.1. The lowest BCUT2D eigenvalue weighted by atomic mass is 10.1. The first kappa shape index (κ1) is 47.5. The molecule has 0 saturated heterocycles. The van der Waals surface area contributed by atoms with Gasteiger partial charge in [-0.05, 0) is 27.2 Å². The van der Waals surface area contributed by atoms with E-state index in [0.29, 0.717) is 92.5 Å². The molecule has 0 aromatic rings. The monoisotopic (exact) mass is 763 g/mol. The fourth-order valence-corrected chi connectivity index (χ4v) is 4.02. The third kappa shape index (κ3) is 27.7. The lowest BCUT2D eigenvalue weighted by Crippen LogP contribution is -2.49. The van der Waals surface area contributed by atoms with E-state index in [1.165, 1.54) is 0 Å². The number of nitrogens with one attached hydrogen (secondary N) is 2. The minimum absolute atomic E-state index is 0.0235. The van der Waals surface area contributed by atoms with Crippen molar-refractivity contribution in [2.24, 2.45) is 0 Å². The lowest BCUT2D eigenvalue weighted by Gasteiger charge is -2.25. The van der Waals surface area contributed by atoms with Crippen molar-refractivity contribution in [3.63, 3.8) is 0 Å². The van der Waals surface area contributed by atoms with Crippen LogP contribution in [-0.4, -0.2) is 176 Å². The largest absolute Gasteiger partial charge is 0.481 e. The number of nitrogens with zero attached hydrogens (tertiary/aromatic N) is 1. The standard InChI is InChI=1S/C34H57N3O16/c1-34(2,3)53-33(44)27(36-29(39)26-37-30(40)6-7-31(37)41)4-5-28(38)35-9-11-46-13-15-48-17-19-50-21-23-52-25-24-51-22-20-49-18-16-47-14-12-45-10-8-32(42)43/h6-7,27H,4-5,8-26H2,1-3H3,(H,35,38)(H,36,39)(H,42,43)/t27-/m0/s1. The molecular weight excluding hydrogens is 706 g/mol. The van der Waals surface area contributed by atoms with Crippen LogP contribution in [0.1, 0.15) is 40.0 Å². The first-order chi connectivity index (χ1) is 25.4. The highest BCUT2D eigenvalue weighted by molar-refractivity contribution is 6.14. The smallest absolute Gasteiger partial charge is 0.329 e. The molecule has 304 valence electrons. The Morgan fingerprint density at radius 1 is 0.623 bits per heavy atom. The molecule has 0 aliphatic carbocycles. The van der Waals surface area contributed by atoms with E-state index in [9.17, 15) is 28.8 Å². The Hall–Kier alpha value is -3.56. The average Bonchev–Trinajstić information content (AvgIpc) is 3.40. The molecule has 0 fully saturated rings. The van der Waals surface area contributed by atoms with Crippen molar-refractivity contribution in [1.82, 2.24) is 15.5 Å². The highest BCUT2D eigenvalue weighted by Crippen LogP contribution is 2.11. The molecule has 0 spiro atoms. The normalized spacial score (nSPS) is 13.4. The molecular formula is C34H57N3O16. The fraction of sp³-hybridized carbons (Fsp3) is 0.765. The van der Waals surface area contributed by atoms with Crippen molar-refractivity contribution in [2.75, 3.05) is 119 Å². The van der Waals surface area contributed by atoms with Crippen LogP contribution in [0.25, 0.3) is 0 Å². The van der Waals surface area contributed by atoms with Gasteiger partial charge in [0, 0.05) is 25.1 Å². The quantitative estimate of drug-likeness (QED) is 0.0415. The van der Waals surface area contributed by atoms with E-state index < -0.39 is 47.8 Å². The molecule has 19 heteroatoms. The molecule has 53 heavy (non-hydrogen) atoms. The van der Waals surface area contributed by atoms with E-state index in [-0.39, 0.29) is 44.9 Å². The molecule has 1 aliphatic heterocycles. The van der Waals surface area contributed by atoms with Crippen molar-refractivity contribution in [3.8, 4) is 0 Å². The Balaban J connectivity index is 1.95. The number of imide groups is 1. The van der Waals surface area contributed by atoms with Crippen molar-refractivity contribution in [1.29, 1.82) is 0 Å². The molecule has 0 aromatic heterocycles. The van der Waals surface area contributed by atoms with E-state index in [1.54, 1.807) is 20.8 Å². The minimum Gasteiger partial charge on any atom is -0.481 e. The van der Waals surface area contributed by atoms with Gasteiger partial charge in [0.25, 0.3) is 11.8 Å². The molecule has 3 N–H and O–H groups in total. The van der Waals surface area contributed by atoms with Gasteiger partial charge in [-0.2, -0.15) is 0 Å². The number of carboxylic acid groups (broad SMARTS) is 1. The topological polar surface area (TPSA) is 233 Å². The number of carbonyl (C=O) groups excluding carboxylic acids is 5. The average molecular weight is 764 g/mol. The molecule has 0 bridgehead atoms. The highest BCUT2D eigenvalue weighted by atomic mass is 16.6. The van der Waals surface area contributed by atoms with Gasteiger partial charge in [-0.25, -0.2) is 4.79 Å². The molecule has 0 saturated carbocycles. The molecule has 0 aromatic carbocycles. The fourth-order valence-electron chi connectivity index (χ4n) is 4.02. The van der Waals surface area contributed by atoms with Gasteiger partial charge < -0.3 is 58.4 Å². The summed E-state index contributed by atoms with van der Waals surface area (Å²) in [5.41, 5.74) is -0.837. The van der Waals surface area contributed by atoms with Gasteiger partial charge in [0.15, 0.2) is 0 Å². The van der Waals surface area contributed by atoms with Gasteiger partial charge in [0.05, 0.1) is 112 Å². The van der Waals surface area contributed by atoms with Crippen LogP contribution in [0.2, 0.25) is 0 Å². The van der Waals surface area contributed by atoms with Crippen LogP contribution in [0.3, 0.4) is 0 Å². The zero-order chi connectivity index (χ0) is 39.2. The molecule has 1 heterocycles. The maximum absolute atomic E-state index is 12.7. The van der Waals surface area contributed by atoms with E-state index >= 15 is 0 Å². The zero-order valence-corrected chi connectivity index (χ0v) is 31.1. The number of hydrogen-bond acceptors (Lipinski definition) is 15. The Morgan fingerprint density at radius 2 is 1.02 bits per heavy atom. The van der Waals surface area contributed by atoms with E-state index in [4.69, 9.17) is 47.7 Å². The van der Waals surface area contributed by atoms with Gasteiger partial charge in [0.1, 0.15) is 18.2 Å². The minimum atomic E-state index is -1.16. The summed E-state index contributed by atoms with van der Waals surface area (Å²) in [6, 6.07) is -1.16. The first-order valence-electron chi connectivity index (χ1n) is 17.5. The number of ether oxygens (including phenoxy) is 9. The Bertz CT molecular complexity index is 1100. The van der Waals surface area contributed by atoms with Gasteiger partial charge >= 0.3 is 11.9 Å². The van der Waals surface area contributed by atoms with Gasteiger partial charge in [-0.15, -0.1) is 0 Å². The Kier molecular flexibility index (Phi) is 26.7. The third-order valence-corrected chi connectivity index (χ3v) is 6.52. The number of hydrogen-bond donors (Lipinski definition) is 3. The SMILES string of the molecule is CC(C)(C)OC(=O)[C@H](CCC(=O)NCCOCCOCCOCCOCCOCCOCCOCCOCCC(=O)O)NC(=O)CN1C(=O)C=CC1=O. The Labute approximate surface area is 310 Å². The van der Waals surface area contributed by atoms with Crippen LogP contribution in [0, 0.1) is 0 Å². The Morgan fingerprint density at radius 3 is 1.42 bits per heavy atom. The van der Waals surface area contributed by atoms with Crippen molar-refractivity contribution < 1.29 is 76.5 Å². The van der Waals surface area contributed by atoms with Crippen LogP contribution < -0.4 is 10.6 Å². The number of carbonyl (C=O) groups is 6. The highest BCUT2D eigenvalue weighted by Gasteiger charge is 2.30. The number of rotatable bonds is 34. The molecule has 0 unspecified atom stereocenters. The summed E-state index contributed by atoms with van der Waals surface area (Å²) in [6.45, 7) is 10.6. The number of carboxylic acids is 1. The second-order valence-electron chi connectivity index (χ2n) is 12.2. The molecule has 19 nitrogen and oxygen atoms in total. The summed E-state index contributed by atoms with van der Waals surface area (Å²) >= 11 is 0. The predicted octanol–water partition coefficient (Wildman–Crippen LogP) is -0.758. The molecule has 1 aliphatic rings. The van der Waals surface area contributed by atoms with Crippen LogP contribution in [0.5, 0.6) is 0 Å². The molecule has 1 atom stereocenters. The summed E-state index contributed by atoms with van der Waals surface area (Å²) < 4.78 is 48.3. The summed E-state index contributed by atoms with van der Waals surface area (Å²) in [5, 5.41) is 13.6. The number of amides is 4. The van der Waals surface area contributed by atoms with Gasteiger partial charge in [-0.1, -0.05) is 0 Å². The van der Waals surface area contributed by atoms with Crippen molar-refractivity contribution >= 4 is 35.6 Å². The third-order valence-electron chi connectivity index (χ3n) is 6.52. The second kappa shape index (κ2) is 29.8. The maximum Gasteiger partial charge on any atom is 0.329 e. The number of aliphatic carboxylic acids is 1. The molecule has 0 radical (unpaired) electrons. The maximum atomic E-state index is 12.7. The van der Waals surface area contributed by atoms with Crippen molar-refractivity contribution in [2.45, 2.75) is 51.7 Å². The summed E-state index contributed by atoms with van der Waals surface area (Å²) in [5.74, 6) is -4.00. The summed E-state index contributed by atoms with van der Waals surface area (Å²) in [7, 11) is 0. The lowest BCUT2D eigenvalue weighted by molar-refractivity contribution is -0.159. The second-order valence-corrected chi connectivity index (χ2v) is 12.2.